The van der Waals surface area contributed by atoms with Crippen LogP contribution in [0.5, 0.6) is 0 Å². The highest BCUT2D eigenvalue weighted by molar-refractivity contribution is 7.47. The average Bonchev–Trinajstić information content (AvgIpc) is 3.56. The third-order valence-electron chi connectivity index (χ3n) is 7.58. The number of H-pyrrole nitrogens is 2. The van der Waals surface area contributed by atoms with Gasteiger partial charge in [0, 0.05) is 42.3 Å². The number of hydrogen-bond donors (Lipinski definition) is 6. The van der Waals surface area contributed by atoms with Crippen molar-refractivity contribution < 1.29 is 28.7 Å². The number of imidazole rings is 1. The van der Waals surface area contributed by atoms with Gasteiger partial charge in [-0.25, -0.2) is 14.3 Å². The number of nitrogens with zero attached hydrogens (tertiary/aromatic N) is 4. The predicted molar refractivity (Wildman–Crippen MR) is 136 cm³/mol. The van der Waals surface area contributed by atoms with E-state index in [2.05, 4.69) is 19.9 Å². The number of rotatable bonds is 8. The molecule has 3 aromatic rings. The Labute approximate surface area is 220 Å². The number of aryl methyl sites for hydroxylation is 1. The van der Waals surface area contributed by atoms with E-state index < -0.39 is 54.7 Å². The Bertz CT molecular complexity index is 1600. The van der Waals surface area contributed by atoms with Crippen LogP contribution in [0.3, 0.4) is 0 Å². The number of nitrogens with two attached hydrogens (primary N) is 1. The van der Waals surface area contributed by atoms with Crippen molar-refractivity contribution >= 4 is 24.9 Å². The van der Waals surface area contributed by atoms with Crippen molar-refractivity contribution in [3.8, 4) is 0 Å². The summed E-state index contributed by atoms with van der Waals surface area (Å²) in [7, 11) is -4.61. The van der Waals surface area contributed by atoms with Crippen molar-refractivity contribution in [2.24, 2.45) is 11.8 Å². The number of anilines is 1. The first-order chi connectivity index (χ1) is 18.5. The molecule has 7 atom stereocenters. The molecular weight excluding hydrogens is 537 g/mol. The van der Waals surface area contributed by atoms with Gasteiger partial charge in [0.1, 0.15) is 0 Å². The molecule has 2 saturated carbocycles. The van der Waals surface area contributed by atoms with Crippen LogP contribution >= 0.6 is 7.82 Å². The summed E-state index contributed by atoms with van der Waals surface area (Å²) in [6.45, 7) is 0.925. The lowest BCUT2D eigenvalue weighted by molar-refractivity contribution is 0.0428. The van der Waals surface area contributed by atoms with Gasteiger partial charge in [0.15, 0.2) is 11.2 Å². The smallest absolute Gasteiger partial charge is 0.396 e. The number of fused-ring (bicyclic) bond motifs is 1. The third kappa shape index (κ3) is 5.48. The van der Waals surface area contributed by atoms with Crippen LogP contribution in [0.15, 0.2) is 26.9 Å². The van der Waals surface area contributed by atoms with Gasteiger partial charge in [-0.3, -0.25) is 33.2 Å². The minimum Gasteiger partial charge on any atom is -0.396 e. The number of aliphatic hydroxyl groups excluding tert-OH is 2. The zero-order valence-electron chi connectivity index (χ0n) is 21.0. The van der Waals surface area contributed by atoms with Crippen LogP contribution in [0, 0.1) is 18.8 Å². The molecule has 0 radical (unpaired) electrons. The molecule has 7 N–H and O–H groups in total. The second-order valence-electron chi connectivity index (χ2n) is 10.2. The van der Waals surface area contributed by atoms with E-state index in [0.717, 1.165) is 0 Å². The van der Waals surface area contributed by atoms with Crippen LogP contribution in [0.1, 0.15) is 43.3 Å². The van der Waals surface area contributed by atoms with Gasteiger partial charge < -0.3 is 25.4 Å². The number of hydrogen-bond acceptors (Lipinski definition) is 11. The zero-order valence-corrected chi connectivity index (χ0v) is 21.9. The lowest BCUT2D eigenvalue weighted by Gasteiger charge is -2.22. The minimum absolute atomic E-state index is 0.0676. The first-order valence-electron chi connectivity index (χ1n) is 12.4. The Kier molecular flexibility index (Phi) is 7.35. The Balaban J connectivity index is 1.23. The average molecular weight is 567 g/mol. The monoisotopic (exact) mass is 567 g/mol. The van der Waals surface area contributed by atoms with Crippen molar-refractivity contribution in [2.75, 3.05) is 18.9 Å². The van der Waals surface area contributed by atoms with E-state index in [9.17, 15) is 34.1 Å². The van der Waals surface area contributed by atoms with Gasteiger partial charge in [0.05, 0.1) is 25.1 Å². The molecule has 2 fully saturated rings. The molecule has 2 aliphatic carbocycles. The molecule has 212 valence electrons. The minimum atomic E-state index is -4.61. The molecule has 0 aromatic carbocycles. The van der Waals surface area contributed by atoms with Crippen LogP contribution in [0.25, 0.3) is 11.2 Å². The highest BCUT2D eigenvalue weighted by Gasteiger charge is 2.42. The number of nitrogen functional groups attached to an aromatic ring is 1. The van der Waals surface area contributed by atoms with E-state index >= 15 is 0 Å². The van der Waals surface area contributed by atoms with Crippen molar-refractivity contribution in [3.63, 3.8) is 0 Å². The zero-order chi connectivity index (χ0) is 28.1. The van der Waals surface area contributed by atoms with E-state index in [1.165, 1.54) is 17.1 Å². The summed E-state index contributed by atoms with van der Waals surface area (Å²) in [5.74, 6) is -1.14. The Morgan fingerprint density at radius 1 is 1.10 bits per heavy atom. The van der Waals surface area contributed by atoms with Crippen LogP contribution in [0.2, 0.25) is 0 Å². The van der Waals surface area contributed by atoms with Gasteiger partial charge in [-0.15, -0.1) is 0 Å². The summed E-state index contributed by atoms with van der Waals surface area (Å²) in [4.78, 5) is 59.3. The normalized spacial score (nSPS) is 28.7. The fraction of sp³-hybridized carbons (Fsp3) is 0.591. The summed E-state index contributed by atoms with van der Waals surface area (Å²) in [6, 6.07) is -0.771. The lowest BCUT2D eigenvalue weighted by Crippen LogP contribution is -2.32. The number of nitrogens with one attached hydrogen (secondary N) is 2. The van der Waals surface area contributed by atoms with E-state index in [1.807, 2.05) is 0 Å². The van der Waals surface area contributed by atoms with Gasteiger partial charge >= 0.3 is 13.5 Å². The standard InChI is InChI=1S/C22H30N7O9P/c1-10-6-28(22(34)27-19(10)32)14-2-11(7-30)16(5-14)38-39(35,36)37-8-12-3-13(4-15(12)31)29-9-24-17-18(29)25-21(23)26-20(17)33/h6,9,11-16,30-31H,2-5,7-8H2,1H3,(H,35,36)(H,27,32,34)(H3,23,25,26,33)/t11-,12-,13-,14-,15+,16+/m1/s1. The van der Waals surface area contributed by atoms with Gasteiger partial charge in [-0.1, -0.05) is 0 Å². The largest absolute Gasteiger partial charge is 0.472 e. The Morgan fingerprint density at radius 3 is 2.56 bits per heavy atom. The maximum absolute atomic E-state index is 12.8. The van der Waals surface area contributed by atoms with Crippen LogP contribution < -0.4 is 22.5 Å². The number of aromatic nitrogens is 6. The molecule has 0 bridgehead atoms. The quantitative estimate of drug-likeness (QED) is 0.186. The molecule has 39 heavy (non-hydrogen) atoms. The van der Waals surface area contributed by atoms with Crippen LogP contribution in [0.4, 0.5) is 5.95 Å². The van der Waals surface area contributed by atoms with Crippen LogP contribution in [-0.4, -0.2) is 69.6 Å². The summed E-state index contributed by atoms with van der Waals surface area (Å²) in [5.41, 5.74) is 4.77. The highest BCUT2D eigenvalue weighted by Crippen LogP contribution is 2.51. The predicted octanol–water partition coefficient (Wildman–Crippen LogP) is -0.682. The second kappa shape index (κ2) is 10.4. The summed E-state index contributed by atoms with van der Waals surface area (Å²) >= 11 is 0. The molecule has 0 amide bonds. The van der Waals surface area contributed by atoms with Gasteiger partial charge in [-0.05, 0) is 32.6 Å². The summed E-state index contributed by atoms with van der Waals surface area (Å²) in [6.07, 6.45) is 2.14. The highest BCUT2D eigenvalue weighted by atomic mass is 31.2. The number of aliphatic hydroxyl groups is 2. The van der Waals surface area contributed by atoms with Gasteiger partial charge in [0.25, 0.3) is 11.1 Å². The molecule has 0 aliphatic heterocycles. The maximum atomic E-state index is 12.8. The lowest BCUT2D eigenvalue weighted by atomic mass is 10.1. The second-order valence-corrected chi connectivity index (χ2v) is 11.6. The maximum Gasteiger partial charge on any atom is 0.472 e. The van der Waals surface area contributed by atoms with E-state index in [4.69, 9.17) is 14.8 Å². The number of aromatic amines is 2. The van der Waals surface area contributed by atoms with E-state index in [-0.39, 0.29) is 55.6 Å². The number of phosphoric ester groups is 1. The fourth-order valence-corrected chi connectivity index (χ4v) is 6.59. The SMILES string of the molecule is Cc1cn([C@@H]2C[C@H](CO)[C@@H](OP(=O)(O)OC[C@H]3C[C@@H](n4cnc5c(=O)[nH]c(N)nc54)C[C@@H]3O)C2)c(=O)[nH]c1=O. The van der Waals surface area contributed by atoms with Crippen molar-refractivity contribution in [2.45, 2.75) is 56.9 Å². The van der Waals surface area contributed by atoms with Crippen LogP contribution in [-0.2, 0) is 13.6 Å². The molecule has 0 spiro atoms. The Hall–Kier alpha value is -3.14. The summed E-state index contributed by atoms with van der Waals surface area (Å²) < 4.78 is 26.4. The molecule has 17 heteroatoms. The molecule has 16 nitrogen and oxygen atoms in total. The Morgan fingerprint density at radius 2 is 1.82 bits per heavy atom. The van der Waals surface area contributed by atoms with Crippen molar-refractivity contribution in [1.82, 2.24) is 29.1 Å². The first-order valence-corrected chi connectivity index (χ1v) is 13.9. The van der Waals surface area contributed by atoms with E-state index in [0.29, 0.717) is 12.0 Å². The van der Waals surface area contributed by atoms with Crippen molar-refractivity contribution in [3.05, 3.63) is 49.3 Å². The molecule has 3 heterocycles. The molecule has 5 rings (SSSR count). The van der Waals surface area contributed by atoms with E-state index in [1.54, 1.807) is 11.5 Å². The molecule has 2 aliphatic rings. The molecule has 0 saturated heterocycles. The van der Waals surface area contributed by atoms with Gasteiger partial charge in [-0.2, -0.15) is 4.98 Å². The fourth-order valence-electron chi connectivity index (χ4n) is 5.55. The first kappa shape index (κ1) is 27.4. The topological polar surface area (TPSA) is 241 Å². The summed E-state index contributed by atoms with van der Waals surface area (Å²) in [5, 5.41) is 20.4. The third-order valence-corrected chi connectivity index (χ3v) is 8.59. The molecule has 1 unspecified atom stereocenters. The number of phosphoric acid groups is 1. The molecule has 3 aromatic heterocycles. The molecular formula is C22H30N7O9P. The van der Waals surface area contributed by atoms with Gasteiger partial charge in [0.2, 0.25) is 5.95 Å². The van der Waals surface area contributed by atoms with Crippen molar-refractivity contribution in [1.29, 1.82) is 0 Å².